The van der Waals surface area contributed by atoms with Gasteiger partial charge in [-0.05, 0) is 39.4 Å². The molecule has 22 heavy (non-hydrogen) atoms. The lowest BCUT2D eigenvalue weighted by atomic mass is 10.3. The SMILES string of the molecule is CCO[Si](CCCOCCOC1CCSC1)(OCC)OCC. The highest BCUT2D eigenvalue weighted by atomic mass is 32.2. The maximum absolute atomic E-state index is 5.82. The lowest BCUT2D eigenvalue weighted by Crippen LogP contribution is -2.46. The number of thioether (sulfide) groups is 1. The molecule has 0 saturated carbocycles. The van der Waals surface area contributed by atoms with Gasteiger partial charge in [-0.25, -0.2) is 0 Å². The van der Waals surface area contributed by atoms with E-state index in [1.54, 1.807) is 0 Å². The van der Waals surface area contributed by atoms with Crippen LogP contribution in [0.2, 0.25) is 6.04 Å². The van der Waals surface area contributed by atoms with Crippen molar-refractivity contribution in [3.8, 4) is 0 Å². The van der Waals surface area contributed by atoms with E-state index in [4.69, 9.17) is 22.8 Å². The van der Waals surface area contributed by atoms with Crippen LogP contribution in [0.25, 0.3) is 0 Å². The first kappa shape index (κ1) is 20.4. The molecule has 5 nitrogen and oxygen atoms in total. The van der Waals surface area contributed by atoms with Crippen LogP contribution in [0.4, 0.5) is 0 Å². The Bertz CT molecular complexity index is 247. The number of hydrogen-bond donors (Lipinski definition) is 0. The van der Waals surface area contributed by atoms with Crippen molar-refractivity contribution in [1.29, 1.82) is 0 Å². The first-order valence-corrected chi connectivity index (χ1v) is 11.5. The molecule has 0 amide bonds. The molecule has 0 aromatic rings. The fourth-order valence-corrected chi connectivity index (χ4v) is 6.11. The van der Waals surface area contributed by atoms with Gasteiger partial charge in [0.1, 0.15) is 0 Å². The molecule has 1 saturated heterocycles. The van der Waals surface area contributed by atoms with E-state index in [0.29, 0.717) is 45.7 Å². The summed E-state index contributed by atoms with van der Waals surface area (Å²) in [5, 5.41) is 0. The molecule has 1 unspecified atom stereocenters. The average molecular weight is 353 g/mol. The largest absolute Gasteiger partial charge is 0.501 e. The summed E-state index contributed by atoms with van der Waals surface area (Å²) in [6, 6.07) is 0.808. The van der Waals surface area contributed by atoms with Crippen LogP contribution in [0.1, 0.15) is 33.6 Å². The Hall–Kier alpha value is 0.367. The van der Waals surface area contributed by atoms with Gasteiger partial charge < -0.3 is 22.8 Å². The summed E-state index contributed by atoms with van der Waals surface area (Å²) in [6.45, 7) is 9.87. The molecule has 0 aliphatic carbocycles. The minimum atomic E-state index is -2.50. The summed E-state index contributed by atoms with van der Waals surface area (Å²) in [5.74, 6) is 2.36. The maximum atomic E-state index is 5.82. The van der Waals surface area contributed by atoms with Crippen LogP contribution in [-0.2, 0) is 22.8 Å². The molecule has 0 aromatic heterocycles. The second-order valence-corrected chi connectivity index (χ2v) is 8.94. The maximum Gasteiger partial charge on any atom is 0.501 e. The standard InChI is InChI=1S/C15H32O5SSi/c1-4-18-22(19-5-2,20-6-3)13-7-9-16-10-11-17-15-8-12-21-14-15/h15H,4-14H2,1-3H3. The van der Waals surface area contributed by atoms with Crippen LogP contribution >= 0.6 is 11.8 Å². The van der Waals surface area contributed by atoms with Gasteiger partial charge in [0.2, 0.25) is 0 Å². The van der Waals surface area contributed by atoms with Gasteiger partial charge in [-0.1, -0.05) is 0 Å². The Kier molecular flexibility index (Phi) is 11.8. The first-order chi connectivity index (χ1) is 10.8. The van der Waals surface area contributed by atoms with Crippen molar-refractivity contribution >= 4 is 20.6 Å². The first-order valence-electron chi connectivity index (χ1n) is 8.45. The highest BCUT2D eigenvalue weighted by molar-refractivity contribution is 7.99. The van der Waals surface area contributed by atoms with Crippen molar-refractivity contribution in [2.45, 2.75) is 45.8 Å². The minimum Gasteiger partial charge on any atom is -0.379 e. The zero-order chi connectivity index (χ0) is 16.1. The number of rotatable bonds is 14. The molecule has 0 radical (unpaired) electrons. The summed E-state index contributed by atoms with van der Waals surface area (Å²) in [4.78, 5) is 0. The minimum absolute atomic E-state index is 0.433. The van der Waals surface area contributed by atoms with Crippen LogP contribution in [0.5, 0.6) is 0 Å². The quantitative estimate of drug-likeness (QED) is 0.354. The molecular weight excluding hydrogens is 320 g/mol. The fourth-order valence-electron chi connectivity index (χ4n) is 2.41. The lowest BCUT2D eigenvalue weighted by molar-refractivity contribution is 0.0139. The second kappa shape index (κ2) is 12.7. The topological polar surface area (TPSA) is 46.2 Å². The van der Waals surface area contributed by atoms with Gasteiger partial charge in [0.05, 0.1) is 19.3 Å². The predicted octanol–water partition coefficient (Wildman–Crippen LogP) is 2.96. The Balaban J connectivity index is 2.10. The van der Waals surface area contributed by atoms with E-state index >= 15 is 0 Å². The zero-order valence-corrected chi connectivity index (χ0v) is 16.1. The number of ether oxygens (including phenoxy) is 2. The molecule has 7 heteroatoms. The van der Waals surface area contributed by atoms with Gasteiger partial charge in [0.25, 0.3) is 0 Å². The highest BCUT2D eigenvalue weighted by Crippen LogP contribution is 2.20. The Morgan fingerprint density at radius 2 is 1.64 bits per heavy atom. The molecule has 0 N–H and O–H groups in total. The van der Waals surface area contributed by atoms with Gasteiger partial charge in [-0.15, -0.1) is 0 Å². The Morgan fingerprint density at radius 1 is 0.955 bits per heavy atom. The molecule has 1 aliphatic heterocycles. The van der Waals surface area contributed by atoms with Gasteiger partial charge >= 0.3 is 8.80 Å². The van der Waals surface area contributed by atoms with Gasteiger partial charge in [0.15, 0.2) is 0 Å². The zero-order valence-electron chi connectivity index (χ0n) is 14.3. The van der Waals surface area contributed by atoms with Crippen LogP contribution in [0.15, 0.2) is 0 Å². The Morgan fingerprint density at radius 3 is 2.18 bits per heavy atom. The average Bonchev–Trinajstić information content (AvgIpc) is 3.00. The second-order valence-electron chi connectivity index (χ2n) is 5.05. The summed E-state index contributed by atoms with van der Waals surface area (Å²) in [7, 11) is -2.50. The third-order valence-corrected chi connectivity index (χ3v) is 7.62. The van der Waals surface area contributed by atoms with E-state index in [-0.39, 0.29) is 0 Å². The molecular formula is C15H32O5SSi. The summed E-state index contributed by atoms with van der Waals surface area (Å²) < 4.78 is 28.9. The third-order valence-electron chi connectivity index (χ3n) is 3.33. The molecule has 1 rings (SSSR count). The van der Waals surface area contributed by atoms with Crippen LogP contribution in [0.3, 0.4) is 0 Å². The molecule has 1 aliphatic rings. The van der Waals surface area contributed by atoms with E-state index in [2.05, 4.69) is 0 Å². The van der Waals surface area contributed by atoms with E-state index in [1.165, 1.54) is 12.2 Å². The van der Waals surface area contributed by atoms with E-state index in [9.17, 15) is 0 Å². The fraction of sp³-hybridized carbons (Fsp3) is 1.00. The van der Waals surface area contributed by atoms with Crippen LogP contribution in [0, 0.1) is 0 Å². The van der Waals surface area contributed by atoms with Crippen molar-refractivity contribution in [3.63, 3.8) is 0 Å². The van der Waals surface area contributed by atoms with Gasteiger partial charge in [0, 0.05) is 38.2 Å². The summed E-state index contributed by atoms with van der Waals surface area (Å²) in [6.07, 6.45) is 2.50. The van der Waals surface area contributed by atoms with Crippen molar-refractivity contribution < 1.29 is 22.8 Å². The van der Waals surface area contributed by atoms with Crippen LogP contribution < -0.4 is 0 Å². The summed E-state index contributed by atoms with van der Waals surface area (Å²) >= 11 is 1.97. The van der Waals surface area contributed by atoms with Gasteiger partial charge in [-0.2, -0.15) is 11.8 Å². The molecule has 1 atom stereocenters. The normalized spacial score (nSPS) is 19.0. The lowest BCUT2D eigenvalue weighted by Gasteiger charge is -2.28. The van der Waals surface area contributed by atoms with Crippen molar-refractivity contribution in [1.82, 2.24) is 0 Å². The van der Waals surface area contributed by atoms with Crippen LogP contribution in [-0.4, -0.2) is 66.1 Å². The Labute approximate surface area is 140 Å². The van der Waals surface area contributed by atoms with Gasteiger partial charge in [-0.3, -0.25) is 0 Å². The molecule has 1 fully saturated rings. The summed E-state index contributed by atoms with van der Waals surface area (Å²) in [5.41, 5.74) is 0. The van der Waals surface area contributed by atoms with Crippen molar-refractivity contribution in [2.24, 2.45) is 0 Å². The van der Waals surface area contributed by atoms with E-state index < -0.39 is 8.80 Å². The van der Waals surface area contributed by atoms with Crippen molar-refractivity contribution in [2.75, 3.05) is 51.1 Å². The smallest absolute Gasteiger partial charge is 0.379 e. The molecule has 132 valence electrons. The monoisotopic (exact) mass is 352 g/mol. The molecule has 0 bridgehead atoms. The highest BCUT2D eigenvalue weighted by Gasteiger charge is 2.39. The van der Waals surface area contributed by atoms with Crippen molar-refractivity contribution in [3.05, 3.63) is 0 Å². The molecule has 1 heterocycles. The van der Waals surface area contributed by atoms with E-state index in [0.717, 1.165) is 18.2 Å². The van der Waals surface area contributed by atoms with E-state index in [1.807, 2.05) is 32.5 Å². The predicted molar refractivity (Wildman–Crippen MR) is 92.6 cm³/mol. The number of hydrogen-bond acceptors (Lipinski definition) is 6. The molecule has 0 spiro atoms. The molecule has 0 aromatic carbocycles. The third kappa shape index (κ3) is 8.28.